The van der Waals surface area contributed by atoms with Crippen LogP contribution in [0.1, 0.15) is 24.8 Å². The van der Waals surface area contributed by atoms with E-state index in [1.54, 1.807) is 24.3 Å². The number of alkyl halides is 3. The molecule has 1 aromatic rings. The Kier molecular flexibility index (Phi) is 5.64. The van der Waals surface area contributed by atoms with Crippen molar-refractivity contribution in [3.05, 3.63) is 42.0 Å². The van der Waals surface area contributed by atoms with E-state index in [1.165, 1.54) is 0 Å². The molecule has 130 valence electrons. The van der Waals surface area contributed by atoms with E-state index in [0.717, 1.165) is 19.9 Å². The van der Waals surface area contributed by atoms with Gasteiger partial charge in [0.25, 0.3) is 0 Å². The van der Waals surface area contributed by atoms with Crippen molar-refractivity contribution in [3.8, 4) is 0 Å². The molecule has 1 aromatic carbocycles. The molecule has 7 heteroatoms. The lowest BCUT2D eigenvalue weighted by Crippen LogP contribution is -2.37. The van der Waals surface area contributed by atoms with E-state index in [-0.39, 0.29) is 18.4 Å². The van der Waals surface area contributed by atoms with Gasteiger partial charge in [-0.05, 0) is 36.5 Å². The Morgan fingerprint density at radius 2 is 2.08 bits per heavy atom. The number of carbonyl (C=O) groups is 2. The van der Waals surface area contributed by atoms with Gasteiger partial charge in [-0.25, -0.2) is 0 Å². The number of hydrogen-bond acceptors (Lipinski definition) is 2. The van der Waals surface area contributed by atoms with Crippen molar-refractivity contribution in [1.82, 2.24) is 4.90 Å². The van der Waals surface area contributed by atoms with Crippen molar-refractivity contribution in [2.75, 3.05) is 12.4 Å². The van der Waals surface area contributed by atoms with Crippen molar-refractivity contribution in [3.63, 3.8) is 0 Å². The largest absolute Gasteiger partial charge is 0.471 e. The number of allylic oxidation sites excluding steroid dienone is 2. The Bertz CT molecular complexity index is 641. The molecule has 0 unspecified atom stereocenters. The SMILES string of the molecule is CN(Cc1cccc(NC(=O)C[C@H]2C=CCC2)c1)C(=O)C(F)(F)F. The van der Waals surface area contributed by atoms with Crippen LogP contribution in [0.3, 0.4) is 0 Å². The normalized spacial score (nSPS) is 16.9. The number of amides is 2. The lowest BCUT2D eigenvalue weighted by molar-refractivity contribution is -0.184. The summed E-state index contributed by atoms with van der Waals surface area (Å²) in [6.07, 6.45) is 1.49. The number of rotatable bonds is 5. The van der Waals surface area contributed by atoms with Crippen LogP contribution < -0.4 is 5.32 Å². The van der Waals surface area contributed by atoms with Crippen LogP contribution in [0, 0.1) is 5.92 Å². The first-order chi connectivity index (χ1) is 11.3. The molecule has 1 atom stereocenters. The van der Waals surface area contributed by atoms with Gasteiger partial charge >= 0.3 is 12.1 Å². The number of benzene rings is 1. The molecule has 0 radical (unpaired) electrons. The second kappa shape index (κ2) is 7.51. The fourth-order valence-corrected chi connectivity index (χ4v) is 2.62. The standard InChI is InChI=1S/C17H19F3N2O2/c1-22(16(24)17(18,19)20)11-13-7-4-8-14(9-13)21-15(23)10-12-5-2-3-6-12/h2,4-5,7-9,12H,3,6,10-11H2,1H3,(H,21,23)/t12-/m0/s1. The van der Waals surface area contributed by atoms with E-state index >= 15 is 0 Å². The van der Waals surface area contributed by atoms with Gasteiger partial charge in [0.05, 0.1) is 0 Å². The quantitative estimate of drug-likeness (QED) is 0.834. The van der Waals surface area contributed by atoms with E-state index < -0.39 is 12.1 Å². The number of halogens is 3. The van der Waals surface area contributed by atoms with Gasteiger partial charge in [-0.2, -0.15) is 13.2 Å². The van der Waals surface area contributed by atoms with Gasteiger partial charge in [-0.1, -0.05) is 24.3 Å². The number of carbonyl (C=O) groups excluding carboxylic acids is 2. The summed E-state index contributed by atoms with van der Waals surface area (Å²) in [5.74, 6) is -1.79. The molecule has 0 saturated carbocycles. The van der Waals surface area contributed by atoms with Crippen molar-refractivity contribution < 1.29 is 22.8 Å². The van der Waals surface area contributed by atoms with Crippen molar-refractivity contribution >= 4 is 17.5 Å². The van der Waals surface area contributed by atoms with Gasteiger partial charge in [0.1, 0.15) is 0 Å². The minimum absolute atomic E-state index is 0.136. The van der Waals surface area contributed by atoms with Crippen molar-refractivity contribution in [2.24, 2.45) is 5.92 Å². The molecule has 0 heterocycles. The van der Waals surface area contributed by atoms with Crippen LogP contribution in [0.2, 0.25) is 0 Å². The zero-order valence-electron chi connectivity index (χ0n) is 13.3. The van der Waals surface area contributed by atoms with Gasteiger partial charge in [-0.3, -0.25) is 9.59 Å². The van der Waals surface area contributed by atoms with Crippen LogP contribution in [0.4, 0.5) is 18.9 Å². The minimum atomic E-state index is -4.89. The fourth-order valence-electron chi connectivity index (χ4n) is 2.62. The maximum Gasteiger partial charge on any atom is 0.471 e. The van der Waals surface area contributed by atoms with E-state index in [2.05, 4.69) is 5.32 Å². The predicted octanol–water partition coefficient (Wildman–Crippen LogP) is 3.50. The summed E-state index contributed by atoms with van der Waals surface area (Å²) < 4.78 is 37.2. The van der Waals surface area contributed by atoms with Gasteiger partial charge < -0.3 is 10.2 Å². The lowest BCUT2D eigenvalue weighted by atomic mass is 10.0. The molecular formula is C17H19F3N2O2. The summed E-state index contributed by atoms with van der Waals surface area (Å²) in [4.78, 5) is 23.7. The highest BCUT2D eigenvalue weighted by Crippen LogP contribution is 2.22. The average Bonchev–Trinajstić information content (AvgIpc) is 2.98. The zero-order valence-corrected chi connectivity index (χ0v) is 13.3. The third-order valence-electron chi connectivity index (χ3n) is 3.78. The molecule has 2 amide bonds. The molecule has 1 aliphatic rings. The van der Waals surface area contributed by atoms with Gasteiger partial charge in [0.15, 0.2) is 0 Å². The van der Waals surface area contributed by atoms with Crippen LogP contribution in [0.15, 0.2) is 36.4 Å². The summed E-state index contributed by atoms with van der Waals surface area (Å²) in [7, 11) is 1.09. The summed E-state index contributed by atoms with van der Waals surface area (Å²) in [5.41, 5.74) is 1.01. The lowest BCUT2D eigenvalue weighted by Gasteiger charge is -2.19. The van der Waals surface area contributed by atoms with E-state index in [4.69, 9.17) is 0 Å². The first-order valence-corrected chi connectivity index (χ1v) is 7.63. The highest BCUT2D eigenvalue weighted by molar-refractivity contribution is 5.91. The van der Waals surface area contributed by atoms with Gasteiger partial charge in [0.2, 0.25) is 5.91 Å². The Labute approximate surface area is 138 Å². The Morgan fingerprint density at radius 1 is 1.33 bits per heavy atom. The first-order valence-electron chi connectivity index (χ1n) is 7.63. The Hall–Kier alpha value is -2.31. The maximum absolute atomic E-state index is 12.4. The second-order valence-corrected chi connectivity index (χ2v) is 5.88. The molecule has 1 aliphatic carbocycles. The average molecular weight is 340 g/mol. The van der Waals surface area contributed by atoms with Crippen LogP contribution in [-0.4, -0.2) is 29.9 Å². The molecular weight excluding hydrogens is 321 g/mol. The number of anilines is 1. The van der Waals surface area contributed by atoms with Crippen LogP contribution in [-0.2, 0) is 16.1 Å². The Morgan fingerprint density at radius 3 is 2.71 bits per heavy atom. The van der Waals surface area contributed by atoms with E-state index in [1.807, 2.05) is 12.2 Å². The highest BCUT2D eigenvalue weighted by Gasteiger charge is 2.41. The van der Waals surface area contributed by atoms with Crippen molar-refractivity contribution in [2.45, 2.75) is 32.0 Å². The molecule has 2 rings (SSSR count). The van der Waals surface area contributed by atoms with Crippen LogP contribution >= 0.6 is 0 Å². The number of nitrogens with zero attached hydrogens (tertiary/aromatic N) is 1. The monoisotopic (exact) mass is 340 g/mol. The Balaban J connectivity index is 1.94. The van der Waals surface area contributed by atoms with Crippen LogP contribution in [0.25, 0.3) is 0 Å². The van der Waals surface area contributed by atoms with E-state index in [9.17, 15) is 22.8 Å². The van der Waals surface area contributed by atoms with Gasteiger partial charge in [-0.15, -0.1) is 0 Å². The summed E-state index contributed by atoms with van der Waals surface area (Å²) in [6, 6.07) is 6.47. The third kappa shape index (κ3) is 5.11. The van der Waals surface area contributed by atoms with Crippen LogP contribution in [0.5, 0.6) is 0 Å². The maximum atomic E-state index is 12.4. The molecule has 0 fully saturated rings. The van der Waals surface area contributed by atoms with Gasteiger partial charge in [0, 0.05) is 25.7 Å². The summed E-state index contributed by atoms with van der Waals surface area (Å²) in [5, 5.41) is 2.74. The van der Waals surface area contributed by atoms with Crippen molar-refractivity contribution in [1.29, 1.82) is 0 Å². The molecule has 0 saturated heterocycles. The highest BCUT2D eigenvalue weighted by atomic mass is 19.4. The first kappa shape index (κ1) is 18.0. The molecule has 4 nitrogen and oxygen atoms in total. The topological polar surface area (TPSA) is 49.4 Å². The molecule has 24 heavy (non-hydrogen) atoms. The third-order valence-corrected chi connectivity index (χ3v) is 3.78. The number of hydrogen-bond donors (Lipinski definition) is 1. The smallest absolute Gasteiger partial charge is 0.334 e. The summed E-state index contributed by atoms with van der Waals surface area (Å²) >= 11 is 0. The zero-order chi connectivity index (χ0) is 17.7. The number of nitrogens with one attached hydrogen (secondary N) is 1. The molecule has 0 bridgehead atoms. The fraction of sp³-hybridized carbons (Fsp3) is 0.412. The predicted molar refractivity (Wildman–Crippen MR) is 84.1 cm³/mol. The molecule has 0 aromatic heterocycles. The second-order valence-electron chi connectivity index (χ2n) is 5.88. The molecule has 0 aliphatic heterocycles. The molecule has 0 spiro atoms. The molecule has 1 N–H and O–H groups in total. The van der Waals surface area contributed by atoms with E-state index in [0.29, 0.717) is 22.6 Å². The summed E-state index contributed by atoms with van der Waals surface area (Å²) in [6.45, 7) is -0.187. The minimum Gasteiger partial charge on any atom is -0.334 e.